The third-order valence-corrected chi connectivity index (χ3v) is 3.12. The lowest BCUT2D eigenvalue weighted by molar-refractivity contribution is 0.0509. The summed E-state index contributed by atoms with van der Waals surface area (Å²) < 4.78 is 10.3. The van der Waals surface area contributed by atoms with Crippen LogP contribution in [0.25, 0.3) is 0 Å². The average Bonchev–Trinajstić information content (AvgIpc) is 2.97. The van der Waals surface area contributed by atoms with E-state index in [-0.39, 0.29) is 12.5 Å². The lowest BCUT2D eigenvalue weighted by atomic mass is 10.0. The second kappa shape index (κ2) is 6.45. The maximum absolute atomic E-state index is 12.1. The molecule has 5 nitrogen and oxygen atoms in total. The van der Waals surface area contributed by atoms with Gasteiger partial charge in [-0.15, -0.1) is 0 Å². The molecule has 2 aromatic rings. The second-order valence-electron chi connectivity index (χ2n) is 5.14. The molecule has 1 aromatic heterocycles. The van der Waals surface area contributed by atoms with Gasteiger partial charge in [-0.25, -0.2) is 0 Å². The van der Waals surface area contributed by atoms with Crippen LogP contribution in [-0.2, 0) is 6.42 Å². The Morgan fingerprint density at radius 2 is 2.10 bits per heavy atom. The van der Waals surface area contributed by atoms with E-state index in [1.54, 1.807) is 49.6 Å². The van der Waals surface area contributed by atoms with Crippen LogP contribution >= 0.6 is 0 Å². The molecule has 0 bridgehead atoms. The highest BCUT2D eigenvalue weighted by Crippen LogP contribution is 2.18. The number of amides is 1. The van der Waals surface area contributed by atoms with E-state index in [0.717, 1.165) is 0 Å². The first-order chi connectivity index (χ1) is 10.0. The van der Waals surface area contributed by atoms with Crippen molar-refractivity contribution in [3.05, 3.63) is 54.0 Å². The first-order valence-corrected chi connectivity index (χ1v) is 6.68. The van der Waals surface area contributed by atoms with E-state index in [0.29, 0.717) is 23.5 Å². The standard InChI is InChI=1S/C16H19NO4/c1-16(19,10-12-6-5-9-21-12)11-17-15(18)13-7-3-4-8-14(13)20-2/h3-9,19H,10-11H2,1-2H3,(H,17,18)/t16-/m1/s1. The molecule has 2 rings (SSSR count). The summed E-state index contributed by atoms with van der Waals surface area (Å²) in [6.45, 7) is 1.77. The Labute approximate surface area is 123 Å². The zero-order chi connectivity index (χ0) is 15.3. The first kappa shape index (κ1) is 15.1. The van der Waals surface area contributed by atoms with Gasteiger partial charge in [-0.3, -0.25) is 4.79 Å². The van der Waals surface area contributed by atoms with Crippen molar-refractivity contribution in [1.82, 2.24) is 5.32 Å². The smallest absolute Gasteiger partial charge is 0.255 e. The van der Waals surface area contributed by atoms with Gasteiger partial charge in [-0.05, 0) is 31.2 Å². The first-order valence-electron chi connectivity index (χ1n) is 6.68. The Kier molecular flexibility index (Phi) is 4.65. The summed E-state index contributed by atoms with van der Waals surface area (Å²) >= 11 is 0. The number of rotatable bonds is 6. The number of benzene rings is 1. The second-order valence-corrected chi connectivity index (χ2v) is 5.14. The van der Waals surface area contributed by atoms with Crippen molar-refractivity contribution in [2.24, 2.45) is 0 Å². The van der Waals surface area contributed by atoms with Gasteiger partial charge in [0, 0.05) is 13.0 Å². The van der Waals surface area contributed by atoms with Crippen LogP contribution in [0, 0.1) is 0 Å². The molecule has 0 aliphatic rings. The molecule has 0 unspecified atom stereocenters. The van der Waals surface area contributed by atoms with E-state index in [1.165, 1.54) is 7.11 Å². The van der Waals surface area contributed by atoms with Crippen LogP contribution in [0.3, 0.4) is 0 Å². The molecule has 1 heterocycles. The normalized spacial score (nSPS) is 13.5. The van der Waals surface area contributed by atoms with Gasteiger partial charge >= 0.3 is 0 Å². The van der Waals surface area contributed by atoms with Crippen LogP contribution in [0.1, 0.15) is 23.0 Å². The van der Waals surface area contributed by atoms with Gasteiger partial charge in [0.15, 0.2) is 0 Å². The zero-order valence-corrected chi connectivity index (χ0v) is 12.1. The van der Waals surface area contributed by atoms with Crippen LogP contribution in [0.4, 0.5) is 0 Å². The SMILES string of the molecule is COc1ccccc1C(=O)NC[C@](C)(O)Cc1ccco1. The van der Waals surface area contributed by atoms with Crippen molar-refractivity contribution in [2.45, 2.75) is 18.9 Å². The Hall–Kier alpha value is -2.27. The molecule has 0 saturated carbocycles. The van der Waals surface area contributed by atoms with E-state index in [9.17, 15) is 9.90 Å². The maximum Gasteiger partial charge on any atom is 0.255 e. The fourth-order valence-electron chi connectivity index (χ4n) is 2.05. The number of ether oxygens (including phenoxy) is 1. The zero-order valence-electron chi connectivity index (χ0n) is 12.1. The molecular formula is C16H19NO4. The number of aliphatic hydroxyl groups is 1. The number of methoxy groups -OCH3 is 1. The van der Waals surface area contributed by atoms with Gasteiger partial charge in [0.2, 0.25) is 0 Å². The summed E-state index contributed by atoms with van der Waals surface area (Å²) in [5.74, 6) is 0.888. The van der Waals surface area contributed by atoms with Gasteiger partial charge in [-0.1, -0.05) is 12.1 Å². The van der Waals surface area contributed by atoms with Crippen LogP contribution in [0.15, 0.2) is 47.1 Å². The molecule has 0 saturated heterocycles. The molecule has 112 valence electrons. The predicted octanol–water partition coefficient (Wildman–Crippen LogP) is 2.01. The van der Waals surface area contributed by atoms with Gasteiger partial charge in [-0.2, -0.15) is 0 Å². The molecule has 0 aliphatic heterocycles. The fraction of sp³-hybridized carbons (Fsp3) is 0.312. The van der Waals surface area contributed by atoms with Crippen LogP contribution in [-0.4, -0.2) is 30.3 Å². The number of nitrogens with one attached hydrogen (secondary N) is 1. The van der Waals surface area contributed by atoms with Crippen LogP contribution in [0.5, 0.6) is 5.75 Å². The van der Waals surface area contributed by atoms with Crippen molar-refractivity contribution in [3.8, 4) is 5.75 Å². The summed E-state index contributed by atoms with van der Waals surface area (Å²) in [6.07, 6.45) is 1.88. The highest BCUT2D eigenvalue weighted by molar-refractivity contribution is 5.96. The molecular weight excluding hydrogens is 270 g/mol. The van der Waals surface area contributed by atoms with E-state index >= 15 is 0 Å². The predicted molar refractivity (Wildman–Crippen MR) is 78.4 cm³/mol. The number of hydrogen-bond donors (Lipinski definition) is 2. The molecule has 1 atom stereocenters. The Morgan fingerprint density at radius 1 is 1.33 bits per heavy atom. The number of carbonyl (C=O) groups excluding carboxylic acids is 1. The van der Waals surface area contributed by atoms with E-state index < -0.39 is 5.60 Å². The van der Waals surface area contributed by atoms with Gasteiger partial charge in [0.25, 0.3) is 5.91 Å². The monoisotopic (exact) mass is 289 g/mol. The van der Waals surface area contributed by atoms with Crippen LogP contribution in [0.2, 0.25) is 0 Å². The highest BCUT2D eigenvalue weighted by atomic mass is 16.5. The van der Waals surface area contributed by atoms with Crippen molar-refractivity contribution in [1.29, 1.82) is 0 Å². The van der Waals surface area contributed by atoms with E-state index in [2.05, 4.69) is 5.32 Å². The molecule has 0 aliphatic carbocycles. The molecule has 5 heteroatoms. The Morgan fingerprint density at radius 3 is 2.76 bits per heavy atom. The lowest BCUT2D eigenvalue weighted by Gasteiger charge is -2.22. The molecule has 0 radical (unpaired) electrons. The summed E-state index contributed by atoms with van der Waals surface area (Å²) in [7, 11) is 1.51. The number of carbonyl (C=O) groups is 1. The van der Waals surface area contributed by atoms with Crippen molar-refractivity contribution in [2.75, 3.05) is 13.7 Å². The quantitative estimate of drug-likeness (QED) is 0.853. The minimum atomic E-state index is -1.09. The van der Waals surface area contributed by atoms with Crippen molar-refractivity contribution < 1.29 is 19.1 Å². The van der Waals surface area contributed by atoms with Gasteiger partial charge in [0.05, 0.1) is 24.5 Å². The largest absolute Gasteiger partial charge is 0.496 e. The summed E-state index contributed by atoms with van der Waals surface area (Å²) in [4.78, 5) is 12.1. The van der Waals surface area contributed by atoms with E-state index in [4.69, 9.17) is 9.15 Å². The molecule has 1 aromatic carbocycles. The minimum absolute atomic E-state index is 0.116. The van der Waals surface area contributed by atoms with E-state index in [1.807, 2.05) is 0 Å². The number of hydrogen-bond acceptors (Lipinski definition) is 4. The third-order valence-electron chi connectivity index (χ3n) is 3.12. The molecule has 1 amide bonds. The van der Waals surface area contributed by atoms with Gasteiger partial charge in [0.1, 0.15) is 11.5 Å². The average molecular weight is 289 g/mol. The van der Waals surface area contributed by atoms with Gasteiger partial charge < -0.3 is 19.6 Å². The minimum Gasteiger partial charge on any atom is -0.496 e. The summed E-state index contributed by atoms with van der Waals surface area (Å²) in [5, 5.41) is 13.0. The summed E-state index contributed by atoms with van der Waals surface area (Å²) in [5.41, 5.74) is -0.649. The molecule has 2 N–H and O–H groups in total. The Balaban J connectivity index is 1.97. The third kappa shape index (κ3) is 4.10. The molecule has 21 heavy (non-hydrogen) atoms. The maximum atomic E-state index is 12.1. The molecule has 0 spiro atoms. The molecule has 0 fully saturated rings. The van der Waals surface area contributed by atoms with Crippen molar-refractivity contribution in [3.63, 3.8) is 0 Å². The van der Waals surface area contributed by atoms with Crippen molar-refractivity contribution >= 4 is 5.91 Å². The fourth-order valence-corrected chi connectivity index (χ4v) is 2.05. The Bertz CT molecular complexity index is 590. The highest BCUT2D eigenvalue weighted by Gasteiger charge is 2.24. The van der Waals surface area contributed by atoms with Crippen LogP contribution < -0.4 is 10.1 Å². The topological polar surface area (TPSA) is 71.7 Å². The summed E-state index contributed by atoms with van der Waals surface area (Å²) in [6, 6.07) is 10.5. The lowest BCUT2D eigenvalue weighted by Crippen LogP contribution is -2.42. The number of furan rings is 1. The number of para-hydroxylation sites is 1.